The van der Waals surface area contributed by atoms with Crippen LogP contribution >= 0.6 is 0 Å². The molecule has 0 aliphatic rings. The van der Waals surface area contributed by atoms with Crippen LogP contribution in [-0.4, -0.2) is 20.5 Å². The van der Waals surface area contributed by atoms with Crippen molar-refractivity contribution >= 4 is 17.2 Å². The molecular formula is C17H18N4O. The van der Waals surface area contributed by atoms with Crippen LogP contribution in [0.4, 0.5) is 5.69 Å². The topological polar surface area (TPSA) is 59.3 Å². The summed E-state index contributed by atoms with van der Waals surface area (Å²) in [5, 5.41) is 7.07. The lowest BCUT2D eigenvalue weighted by molar-refractivity contribution is 0.102. The third-order valence-electron chi connectivity index (χ3n) is 3.82. The van der Waals surface area contributed by atoms with Crippen LogP contribution in [0.5, 0.6) is 0 Å². The average Bonchev–Trinajstić information content (AvgIpc) is 2.99. The highest BCUT2D eigenvalue weighted by molar-refractivity contribution is 6.03. The summed E-state index contributed by atoms with van der Waals surface area (Å²) < 4.78 is 1.58. The van der Waals surface area contributed by atoms with Gasteiger partial charge in [0.2, 0.25) is 0 Å². The van der Waals surface area contributed by atoms with E-state index in [0.29, 0.717) is 17.3 Å². The Balaban J connectivity index is 1.76. The molecule has 0 aliphatic heterocycles. The van der Waals surface area contributed by atoms with Crippen molar-refractivity contribution in [1.82, 2.24) is 14.6 Å². The van der Waals surface area contributed by atoms with Crippen LogP contribution in [0.15, 0.2) is 48.8 Å². The maximum Gasteiger partial charge on any atom is 0.276 e. The Morgan fingerprint density at radius 1 is 1.32 bits per heavy atom. The van der Waals surface area contributed by atoms with Crippen molar-refractivity contribution in [2.75, 3.05) is 5.32 Å². The zero-order valence-corrected chi connectivity index (χ0v) is 12.7. The Morgan fingerprint density at radius 3 is 2.77 bits per heavy atom. The van der Waals surface area contributed by atoms with Crippen molar-refractivity contribution in [3.05, 3.63) is 60.0 Å². The quantitative estimate of drug-likeness (QED) is 0.801. The first kappa shape index (κ1) is 14.3. The smallest absolute Gasteiger partial charge is 0.276 e. The van der Waals surface area contributed by atoms with Gasteiger partial charge in [0.25, 0.3) is 5.91 Å². The Morgan fingerprint density at radius 2 is 2.09 bits per heavy atom. The van der Waals surface area contributed by atoms with Crippen LogP contribution in [0.3, 0.4) is 0 Å². The molecule has 0 bridgehead atoms. The minimum Gasteiger partial charge on any atom is -0.321 e. The molecule has 2 aromatic heterocycles. The molecule has 0 spiro atoms. The maximum absolute atomic E-state index is 12.2. The highest BCUT2D eigenvalue weighted by Gasteiger charge is 2.11. The first-order valence-corrected chi connectivity index (χ1v) is 7.39. The molecule has 1 atom stereocenters. The van der Waals surface area contributed by atoms with Crippen LogP contribution in [0.1, 0.15) is 42.2 Å². The molecule has 3 aromatic rings. The molecule has 0 saturated carbocycles. The van der Waals surface area contributed by atoms with E-state index in [0.717, 1.165) is 12.1 Å². The van der Waals surface area contributed by atoms with Crippen LogP contribution in [-0.2, 0) is 0 Å². The molecule has 22 heavy (non-hydrogen) atoms. The highest BCUT2D eigenvalue weighted by atomic mass is 16.1. The number of nitrogens with one attached hydrogen (secondary N) is 1. The molecular weight excluding hydrogens is 276 g/mol. The number of amides is 1. The number of anilines is 1. The van der Waals surface area contributed by atoms with Gasteiger partial charge in [-0.2, -0.15) is 5.10 Å². The van der Waals surface area contributed by atoms with Gasteiger partial charge in [0.05, 0.1) is 0 Å². The monoisotopic (exact) mass is 294 g/mol. The standard InChI is InChI=1S/C17H18N4O/c1-3-12(2)13-5-7-14(8-6-13)19-17(22)15-11-16-18-9-4-10-21(16)20-15/h4-12H,3H2,1-2H3,(H,19,22)/t12-/m0/s1. The van der Waals surface area contributed by atoms with Gasteiger partial charge in [-0.05, 0) is 36.1 Å². The Hall–Kier alpha value is -2.69. The van der Waals surface area contributed by atoms with Gasteiger partial charge in [0, 0.05) is 24.1 Å². The van der Waals surface area contributed by atoms with Gasteiger partial charge in [0.15, 0.2) is 11.3 Å². The number of benzene rings is 1. The minimum atomic E-state index is -0.234. The first-order chi connectivity index (χ1) is 10.7. The lowest BCUT2D eigenvalue weighted by Crippen LogP contribution is -2.12. The van der Waals surface area contributed by atoms with Gasteiger partial charge in [-0.3, -0.25) is 4.79 Å². The van der Waals surface area contributed by atoms with Crippen molar-refractivity contribution in [2.45, 2.75) is 26.2 Å². The van der Waals surface area contributed by atoms with E-state index in [-0.39, 0.29) is 5.91 Å². The molecule has 3 rings (SSSR count). The number of carbonyl (C=O) groups excluding carboxylic acids is 1. The lowest BCUT2D eigenvalue weighted by atomic mass is 9.99. The molecule has 112 valence electrons. The van der Waals surface area contributed by atoms with Gasteiger partial charge in [-0.25, -0.2) is 9.50 Å². The van der Waals surface area contributed by atoms with E-state index in [4.69, 9.17) is 0 Å². The Kier molecular flexibility index (Phi) is 3.87. The molecule has 1 aromatic carbocycles. The number of aromatic nitrogens is 3. The van der Waals surface area contributed by atoms with E-state index < -0.39 is 0 Å². The summed E-state index contributed by atoms with van der Waals surface area (Å²) in [4.78, 5) is 16.4. The summed E-state index contributed by atoms with van der Waals surface area (Å²) in [5.41, 5.74) is 3.05. The Bertz CT molecular complexity index is 759. The van der Waals surface area contributed by atoms with E-state index in [1.165, 1.54) is 5.56 Å². The van der Waals surface area contributed by atoms with Gasteiger partial charge in [-0.15, -0.1) is 0 Å². The molecule has 5 heteroatoms. The van der Waals surface area contributed by atoms with E-state index in [2.05, 4.69) is 41.4 Å². The summed E-state index contributed by atoms with van der Waals surface area (Å²) in [6, 6.07) is 11.4. The van der Waals surface area contributed by atoms with Crippen molar-refractivity contribution in [3.63, 3.8) is 0 Å². The fourth-order valence-electron chi connectivity index (χ4n) is 2.27. The number of fused-ring (bicyclic) bond motifs is 1. The summed E-state index contributed by atoms with van der Waals surface area (Å²) in [6.07, 6.45) is 4.53. The molecule has 0 fully saturated rings. The molecule has 5 nitrogen and oxygen atoms in total. The maximum atomic E-state index is 12.2. The van der Waals surface area contributed by atoms with Gasteiger partial charge in [-0.1, -0.05) is 26.0 Å². The molecule has 1 N–H and O–H groups in total. The molecule has 0 saturated heterocycles. The number of rotatable bonds is 4. The van der Waals surface area contributed by atoms with Crippen LogP contribution < -0.4 is 5.32 Å². The summed E-state index contributed by atoms with van der Waals surface area (Å²) in [7, 11) is 0. The second-order valence-electron chi connectivity index (χ2n) is 5.34. The number of hydrogen-bond acceptors (Lipinski definition) is 3. The minimum absolute atomic E-state index is 0.234. The third-order valence-corrected chi connectivity index (χ3v) is 3.82. The predicted molar refractivity (Wildman–Crippen MR) is 86.1 cm³/mol. The number of nitrogens with zero attached hydrogens (tertiary/aromatic N) is 3. The van der Waals surface area contributed by atoms with E-state index in [1.807, 2.05) is 12.1 Å². The SMILES string of the molecule is CC[C@H](C)c1ccc(NC(=O)c2cc3ncccn3n2)cc1. The van der Waals surface area contributed by atoms with Crippen LogP contribution in [0, 0.1) is 0 Å². The van der Waals surface area contributed by atoms with E-state index >= 15 is 0 Å². The first-order valence-electron chi connectivity index (χ1n) is 7.39. The van der Waals surface area contributed by atoms with E-state index in [1.54, 1.807) is 29.0 Å². The summed E-state index contributed by atoms with van der Waals surface area (Å²) >= 11 is 0. The van der Waals surface area contributed by atoms with E-state index in [9.17, 15) is 4.79 Å². The van der Waals surface area contributed by atoms with Gasteiger partial charge in [0.1, 0.15) is 0 Å². The number of carbonyl (C=O) groups is 1. The molecule has 0 aliphatic carbocycles. The average molecular weight is 294 g/mol. The van der Waals surface area contributed by atoms with Gasteiger partial charge < -0.3 is 5.32 Å². The normalized spacial score (nSPS) is 12.3. The second kappa shape index (κ2) is 5.97. The predicted octanol–water partition coefficient (Wildman–Crippen LogP) is 3.50. The summed E-state index contributed by atoms with van der Waals surface area (Å²) in [5.74, 6) is 0.288. The van der Waals surface area contributed by atoms with Crippen LogP contribution in [0.25, 0.3) is 5.65 Å². The molecule has 1 amide bonds. The zero-order valence-electron chi connectivity index (χ0n) is 12.7. The molecule has 2 heterocycles. The van der Waals surface area contributed by atoms with Crippen molar-refractivity contribution in [3.8, 4) is 0 Å². The van der Waals surface area contributed by atoms with Crippen molar-refractivity contribution < 1.29 is 4.79 Å². The van der Waals surface area contributed by atoms with Crippen molar-refractivity contribution in [2.24, 2.45) is 0 Å². The summed E-state index contributed by atoms with van der Waals surface area (Å²) in [6.45, 7) is 4.36. The largest absolute Gasteiger partial charge is 0.321 e. The Labute approximate surface area is 129 Å². The molecule has 0 radical (unpaired) electrons. The lowest BCUT2D eigenvalue weighted by Gasteiger charge is -2.10. The molecule has 0 unspecified atom stereocenters. The fraction of sp³-hybridized carbons (Fsp3) is 0.235. The third kappa shape index (κ3) is 2.83. The van der Waals surface area contributed by atoms with Crippen molar-refractivity contribution in [1.29, 1.82) is 0 Å². The highest BCUT2D eigenvalue weighted by Crippen LogP contribution is 2.20. The zero-order chi connectivity index (χ0) is 15.5. The second-order valence-corrected chi connectivity index (χ2v) is 5.34. The van der Waals surface area contributed by atoms with Crippen LogP contribution in [0.2, 0.25) is 0 Å². The van der Waals surface area contributed by atoms with Gasteiger partial charge >= 0.3 is 0 Å². The number of hydrogen-bond donors (Lipinski definition) is 1. The fourth-order valence-corrected chi connectivity index (χ4v) is 2.27.